The Labute approximate surface area is 164 Å². The van der Waals surface area contributed by atoms with Crippen LogP contribution in [0, 0.1) is 0 Å². The van der Waals surface area contributed by atoms with Gasteiger partial charge >= 0.3 is 6.03 Å². The Balaban J connectivity index is 1.26. The first-order chi connectivity index (χ1) is 13.6. The Morgan fingerprint density at radius 3 is 3.07 bits per heavy atom. The second kappa shape index (κ2) is 8.14. The molecule has 4 heterocycles. The van der Waals surface area contributed by atoms with E-state index in [1.165, 1.54) is 0 Å². The number of likely N-dealkylation sites (tertiary alicyclic amines) is 1. The van der Waals surface area contributed by atoms with Crippen LogP contribution in [0.5, 0.6) is 0 Å². The van der Waals surface area contributed by atoms with Gasteiger partial charge in [-0.1, -0.05) is 11.2 Å². The van der Waals surface area contributed by atoms with Gasteiger partial charge in [0.05, 0.1) is 5.69 Å². The molecular weight excluding hydrogens is 360 g/mol. The van der Waals surface area contributed by atoms with E-state index in [9.17, 15) is 9.59 Å². The van der Waals surface area contributed by atoms with E-state index < -0.39 is 5.60 Å². The number of oxime groups is 1. The number of hydrogen-bond acceptors (Lipinski definition) is 6. The maximum atomic E-state index is 12.4. The summed E-state index contributed by atoms with van der Waals surface area (Å²) in [5, 5.41) is 9.68. The highest BCUT2D eigenvalue weighted by molar-refractivity contribution is 6.39. The Morgan fingerprint density at radius 2 is 2.29 bits per heavy atom. The van der Waals surface area contributed by atoms with Crippen LogP contribution in [-0.2, 0) is 16.2 Å². The lowest BCUT2D eigenvalue weighted by Gasteiger charge is -2.38. The smallest absolute Gasteiger partial charge is 0.317 e. The highest BCUT2D eigenvalue weighted by Crippen LogP contribution is 2.33. The summed E-state index contributed by atoms with van der Waals surface area (Å²) in [5.41, 5.74) is 1.04. The maximum Gasteiger partial charge on any atom is 0.317 e. The van der Waals surface area contributed by atoms with E-state index in [0.29, 0.717) is 38.3 Å². The highest BCUT2D eigenvalue weighted by Gasteiger charge is 2.44. The SMILES string of the molecule is O=C(NCCN1CCNC1=O)C1=NO[C@@]2(CCCN(Cc3ccccn3)C2)C1. The highest BCUT2D eigenvalue weighted by atomic mass is 16.7. The van der Waals surface area contributed by atoms with Crippen LogP contribution in [0.4, 0.5) is 4.79 Å². The number of amides is 3. The summed E-state index contributed by atoms with van der Waals surface area (Å²) in [4.78, 5) is 38.1. The van der Waals surface area contributed by atoms with Gasteiger partial charge in [0.15, 0.2) is 5.60 Å². The zero-order chi connectivity index (χ0) is 19.4. The molecule has 0 aromatic carbocycles. The summed E-state index contributed by atoms with van der Waals surface area (Å²) >= 11 is 0. The van der Waals surface area contributed by atoms with Gasteiger partial charge in [-0.15, -0.1) is 0 Å². The quantitative estimate of drug-likeness (QED) is 0.734. The lowest BCUT2D eigenvalue weighted by molar-refractivity contribution is -0.114. The van der Waals surface area contributed by atoms with Gasteiger partial charge in [0.1, 0.15) is 5.71 Å². The Hall–Kier alpha value is -2.68. The van der Waals surface area contributed by atoms with Gasteiger partial charge in [0.2, 0.25) is 0 Å². The number of aromatic nitrogens is 1. The van der Waals surface area contributed by atoms with Gasteiger partial charge in [0.25, 0.3) is 5.91 Å². The molecular formula is C19H26N6O3. The molecule has 0 radical (unpaired) electrons. The summed E-state index contributed by atoms with van der Waals surface area (Å²) in [5.74, 6) is -0.210. The molecule has 150 valence electrons. The molecule has 0 saturated carbocycles. The van der Waals surface area contributed by atoms with Crippen LogP contribution >= 0.6 is 0 Å². The Kier molecular flexibility index (Phi) is 5.43. The van der Waals surface area contributed by atoms with Crippen LogP contribution in [0.3, 0.4) is 0 Å². The predicted molar refractivity (Wildman–Crippen MR) is 103 cm³/mol. The number of carbonyl (C=O) groups is 2. The van der Waals surface area contributed by atoms with E-state index in [2.05, 4.69) is 25.7 Å². The van der Waals surface area contributed by atoms with E-state index in [1.54, 1.807) is 11.1 Å². The third-order valence-corrected chi connectivity index (χ3v) is 5.44. The molecule has 2 saturated heterocycles. The first-order valence-corrected chi connectivity index (χ1v) is 9.82. The Bertz CT molecular complexity index is 755. The second-order valence-corrected chi connectivity index (χ2v) is 7.60. The van der Waals surface area contributed by atoms with Crippen LogP contribution in [0.2, 0.25) is 0 Å². The van der Waals surface area contributed by atoms with Gasteiger partial charge in [-0.05, 0) is 31.5 Å². The number of nitrogens with zero attached hydrogens (tertiary/aromatic N) is 4. The van der Waals surface area contributed by atoms with Crippen LogP contribution in [0.15, 0.2) is 29.6 Å². The largest absolute Gasteiger partial charge is 0.387 e. The molecule has 3 aliphatic heterocycles. The molecule has 9 heteroatoms. The van der Waals surface area contributed by atoms with E-state index in [4.69, 9.17) is 4.84 Å². The van der Waals surface area contributed by atoms with Crippen molar-refractivity contribution < 1.29 is 14.4 Å². The average molecular weight is 386 g/mol. The molecule has 1 spiro atoms. The van der Waals surface area contributed by atoms with Crippen molar-refractivity contribution in [3.63, 3.8) is 0 Å². The van der Waals surface area contributed by atoms with Crippen molar-refractivity contribution in [3.05, 3.63) is 30.1 Å². The number of piperidine rings is 1. The fraction of sp³-hybridized carbons (Fsp3) is 0.579. The number of pyridine rings is 1. The van der Waals surface area contributed by atoms with Gasteiger partial charge in [-0.3, -0.25) is 14.7 Å². The van der Waals surface area contributed by atoms with Gasteiger partial charge < -0.3 is 20.4 Å². The molecule has 1 atom stereocenters. The number of hydrogen-bond donors (Lipinski definition) is 2. The molecule has 3 aliphatic rings. The van der Waals surface area contributed by atoms with E-state index in [1.807, 2.05) is 18.2 Å². The van der Waals surface area contributed by atoms with Gasteiger partial charge in [-0.2, -0.15) is 0 Å². The van der Waals surface area contributed by atoms with Crippen molar-refractivity contribution in [2.75, 3.05) is 39.3 Å². The molecule has 0 aliphatic carbocycles. The molecule has 0 bridgehead atoms. The van der Waals surface area contributed by atoms with Crippen molar-refractivity contribution in [1.29, 1.82) is 0 Å². The minimum atomic E-state index is -0.422. The van der Waals surface area contributed by atoms with E-state index in [0.717, 1.165) is 38.2 Å². The van der Waals surface area contributed by atoms with Crippen molar-refractivity contribution in [2.45, 2.75) is 31.4 Å². The average Bonchev–Trinajstić information content (AvgIpc) is 3.29. The van der Waals surface area contributed by atoms with Crippen molar-refractivity contribution >= 4 is 17.6 Å². The molecule has 0 unspecified atom stereocenters. The normalized spacial score (nSPS) is 24.8. The lowest BCUT2D eigenvalue weighted by atomic mass is 9.88. The zero-order valence-corrected chi connectivity index (χ0v) is 15.9. The molecule has 1 aromatic heterocycles. The van der Waals surface area contributed by atoms with Crippen LogP contribution in [0.25, 0.3) is 0 Å². The summed E-state index contributed by atoms with van der Waals surface area (Å²) < 4.78 is 0. The molecule has 2 fully saturated rings. The number of urea groups is 1. The van der Waals surface area contributed by atoms with E-state index in [-0.39, 0.29) is 11.9 Å². The Morgan fingerprint density at radius 1 is 1.36 bits per heavy atom. The predicted octanol–water partition coefficient (Wildman–Crippen LogP) is 0.334. The fourth-order valence-electron chi connectivity index (χ4n) is 4.04. The fourth-order valence-corrected chi connectivity index (χ4v) is 4.04. The molecule has 3 amide bonds. The van der Waals surface area contributed by atoms with Crippen LogP contribution < -0.4 is 10.6 Å². The second-order valence-electron chi connectivity index (χ2n) is 7.60. The molecule has 28 heavy (non-hydrogen) atoms. The zero-order valence-electron chi connectivity index (χ0n) is 15.9. The van der Waals surface area contributed by atoms with Crippen molar-refractivity contribution in [1.82, 2.24) is 25.4 Å². The summed E-state index contributed by atoms with van der Waals surface area (Å²) in [6.45, 7) is 4.72. The topological polar surface area (TPSA) is 99.2 Å². The van der Waals surface area contributed by atoms with E-state index >= 15 is 0 Å². The van der Waals surface area contributed by atoms with Gasteiger partial charge in [0, 0.05) is 51.9 Å². The number of carbonyl (C=O) groups excluding carboxylic acids is 2. The minimum absolute atomic E-state index is 0.0788. The first-order valence-electron chi connectivity index (χ1n) is 9.82. The number of nitrogens with one attached hydrogen (secondary N) is 2. The first kappa shape index (κ1) is 18.7. The standard InChI is InChI=1S/C19H26N6O3/c26-17(21-7-10-25-11-8-22-18(25)27)16-12-19(28-23-16)5-3-9-24(14-19)13-15-4-1-2-6-20-15/h1-2,4,6H,3,5,7-14H2,(H,21,26)(H,22,27)/t19-/m0/s1. The molecule has 4 rings (SSSR count). The maximum absolute atomic E-state index is 12.4. The summed E-state index contributed by atoms with van der Waals surface area (Å²) in [6.07, 6.45) is 4.21. The summed E-state index contributed by atoms with van der Waals surface area (Å²) in [7, 11) is 0. The third-order valence-electron chi connectivity index (χ3n) is 5.44. The number of rotatable bonds is 6. The molecule has 2 N–H and O–H groups in total. The van der Waals surface area contributed by atoms with Gasteiger partial charge in [-0.25, -0.2) is 4.79 Å². The van der Waals surface area contributed by atoms with Crippen molar-refractivity contribution in [2.24, 2.45) is 5.16 Å². The molecule has 9 nitrogen and oxygen atoms in total. The lowest BCUT2D eigenvalue weighted by Crippen LogP contribution is -2.48. The minimum Gasteiger partial charge on any atom is -0.387 e. The monoisotopic (exact) mass is 386 g/mol. The molecule has 1 aromatic rings. The van der Waals surface area contributed by atoms with Crippen LogP contribution in [-0.4, -0.2) is 77.3 Å². The van der Waals surface area contributed by atoms with Crippen LogP contribution in [0.1, 0.15) is 25.0 Å². The third kappa shape index (κ3) is 4.24. The summed E-state index contributed by atoms with van der Waals surface area (Å²) in [6, 6.07) is 5.85. The van der Waals surface area contributed by atoms with Crippen molar-refractivity contribution in [3.8, 4) is 0 Å².